The zero-order valence-corrected chi connectivity index (χ0v) is 35.8. The average Bonchev–Trinajstić information content (AvgIpc) is 3.17. The number of hydrogen-bond donors (Lipinski definition) is 4. The van der Waals surface area contributed by atoms with E-state index in [1.54, 1.807) is 0 Å². The summed E-state index contributed by atoms with van der Waals surface area (Å²) in [6.07, 6.45) is 24.9. The summed E-state index contributed by atoms with van der Waals surface area (Å²) in [4.78, 5) is 60.3. The summed E-state index contributed by atoms with van der Waals surface area (Å²) < 4.78 is 21.7. The van der Waals surface area contributed by atoms with Gasteiger partial charge in [0.25, 0.3) is 0 Å². The van der Waals surface area contributed by atoms with Gasteiger partial charge in [0.1, 0.15) is 13.2 Å². The van der Waals surface area contributed by atoms with Crippen molar-refractivity contribution < 1.29 is 42.9 Å². The number of Topliss-reactive ketones (excluding diaryl/α,β-unsaturated/α-hetero) is 1. The largest absolute Gasteiger partial charge is 0.377 e. The van der Waals surface area contributed by atoms with Gasteiger partial charge in [0.2, 0.25) is 23.6 Å². The third-order valence-corrected chi connectivity index (χ3v) is 9.43. The van der Waals surface area contributed by atoms with Crippen LogP contribution in [0.15, 0.2) is 0 Å². The molecule has 0 spiro atoms. The van der Waals surface area contributed by atoms with Crippen molar-refractivity contribution in [3.8, 4) is 0 Å². The highest BCUT2D eigenvalue weighted by Crippen LogP contribution is 2.11. The number of unbranched alkanes of at least 4 members (excludes halogenated alkanes) is 17. The molecule has 0 aromatic rings. The number of carbonyl (C=O) groups excluding carboxylic acids is 5. The summed E-state index contributed by atoms with van der Waals surface area (Å²) in [7, 11) is 0. The maximum Gasteiger partial charge on any atom is 0.246 e. The van der Waals surface area contributed by atoms with Crippen molar-refractivity contribution >= 4 is 29.4 Å². The fourth-order valence-corrected chi connectivity index (χ4v) is 6.03. The van der Waals surface area contributed by atoms with Crippen LogP contribution in [0.25, 0.3) is 0 Å². The molecule has 13 nitrogen and oxygen atoms in total. The van der Waals surface area contributed by atoms with Gasteiger partial charge in [0.15, 0.2) is 5.78 Å². The standard InChI is InChI=1S/C43H82N4O9/c1-4-6-8-10-12-14-16-18-20-25-40(49)45-28-30-53-32-34-55-36-42(51)44-27-23-22-24-39(38(3)48)47-43(52)37-56-35-33-54-31-29-46-41(50)26-21-19-17-15-13-11-9-7-5-2/h39H,4-37H2,1-3H3,(H,44,51)(H,45,49)(H,46,50)(H,47,52). The van der Waals surface area contributed by atoms with E-state index in [4.69, 9.17) is 18.9 Å². The summed E-state index contributed by atoms with van der Waals surface area (Å²) in [5, 5.41) is 11.2. The van der Waals surface area contributed by atoms with Gasteiger partial charge in [-0.3, -0.25) is 24.0 Å². The molecular weight excluding hydrogens is 716 g/mol. The molecule has 4 amide bonds. The molecule has 0 bridgehead atoms. The van der Waals surface area contributed by atoms with E-state index in [0.29, 0.717) is 78.2 Å². The van der Waals surface area contributed by atoms with Crippen LogP contribution in [0.5, 0.6) is 0 Å². The molecule has 0 aliphatic rings. The highest BCUT2D eigenvalue weighted by molar-refractivity contribution is 5.87. The minimum Gasteiger partial charge on any atom is -0.377 e. The topological polar surface area (TPSA) is 170 Å². The molecule has 0 rings (SSSR count). The summed E-state index contributed by atoms with van der Waals surface area (Å²) in [6, 6.07) is -0.617. The molecule has 0 fully saturated rings. The lowest BCUT2D eigenvalue weighted by atomic mass is 10.1. The predicted octanol–water partition coefficient (Wildman–Crippen LogP) is 6.49. The zero-order chi connectivity index (χ0) is 41.2. The Balaban J connectivity index is 3.65. The molecule has 13 heteroatoms. The van der Waals surface area contributed by atoms with Gasteiger partial charge < -0.3 is 40.2 Å². The molecule has 0 radical (unpaired) electrons. The minimum atomic E-state index is -0.617. The molecule has 0 saturated carbocycles. The van der Waals surface area contributed by atoms with Gasteiger partial charge in [-0.2, -0.15) is 0 Å². The van der Waals surface area contributed by atoms with E-state index in [1.807, 2.05) is 0 Å². The van der Waals surface area contributed by atoms with Gasteiger partial charge >= 0.3 is 0 Å². The lowest BCUT2D eigenvalue weighted by Gasteiger charge is -2.16. The number of nitrogens with one attached hydrogen (secondary N) is 4. The average molecular weight is 799 g/mol. The Labute approximate surface area is 340 Å². The molecular formula is C43H82N4O9. The number of hydrogen-bond acceptors (Lipinski definition) is 9. The molecule has 0 aliphatic carbocycles. The Morgan fingerprint density at radius 3 is 1.25 bits per heavy atom. The number of carbonyl (C=O) groups is 5. The van der Waals surface area contributed by atoms with E-state index in [9.17, 15) is 24.0 Å². The number of ketones is 1. The molecule has 0 aromatic heterocycles. The molecule has 0 saturated heterocycles. The van der Waals surface area contributed by atoms with Crippen molar-refractivity contribution in [2.75, 3.05) is 72.5 Å². The monoisotopic (exact) mass is 799 g/mol. The van der Waals surface area contributed by atoms with Crippen LogP contribution in [0.1, 0.15) is 168 Å². The number of amides is 4. The maximum atomic E-state index is 12.3. The third kappa shape index (κ3) is 39.6. The molecule has 0 aromatic carbocycles. The van der Waals surface area contributed by atoms with Gasteiger partial charge in [-0.15, -0.1) is 0 Å². The van der Waals surface area contributed by atoms with Crippen LogP contribution in [0.3, 0.4) is 0 Å². The van der Waals surface area contributed by atoms with Gasteiger partial charge in [-0.05, 0) is 39.0 Å². The highest BCUT2D eigenvalue weighted by Gasteiger charge is 2.17. The summed E-state index contributed by atoms with van der Waals surface area (Å²) >= 11 is 0. The second-order valence-electron chi connectivity index (χ2n) is 14.8. The normalized spacial score (nSPS) is 11.6. The highest BCUT2D eigenvalue weighted by atomic mass is 16.5. The van der Waals surface area contributed by atoms with Crippen molar-refractivity contribution in [2.45, 2.75) is 174 Å². The van der Waals surface area contributed by atoms with E-state index < -0.39 is 6.04 Å². The molecule has 56 heavy (non-hydrogen) atoms. The van der Waals surface area contributed by atoms with Crippen molar-refractivity contribution in [2.24, 2.45) is 0 Å². The first kappa shape index (κ1) is 53.4. The van der Waals surface area contributed by atoms with Gasteiger partial charge in [0.05, 0.1) is 45.7 Å². The SMILES string of the molecule is CCCCCCCCCCCC(=O)NCCOCCOCC(=O)NCCCCC(NC(=O)COCCOCCNC(=O)CCCCCCCCCCC)C(C)=O. The smallest absolute Gasteiger partial charge is 0.246 e. The van der Waals surface area contributed by atoms with Gasteiger partial charge in [-0.1, -0.05) is 117 Å². The van der Waals surface area contributed by atoms with Crippen LogP contribution in [0.2, 0.25) is 0 Å². The summed E-state index contributed by atoms with van der Waals surface area (Å²) in [5.74, 6) is -0.648. The Bertz CT molecular complexity index is 970. The van der Waals surface area contributed by atoms with Crippen molar-refractivity contribution in [1.29, 1.82) is 0 Å². The van der Waals surface area contributed by atoms with Gasteiger partial charge in [-0.25, -0.2) is 0 Å². The molecule has 4 N–H and O–H groups in total. The van der Waals surface area contributed by atoms with E-state index in [1.165, 1.54) is 96.8 Å². The van der Waals surface area contributed by atoms with Crippen molar-refractivity contribution in [1.82, 2.24) is 21.3 Å². The Morgan fingerprint density at radius 1 is 0.411 bits per heavy atom. The number of ether oxygens (including phenoxy) is 4. The summed E-state index contributed by atoms with van der Waals surface area (Å²) in [5.41, 5.74) is 0. The van der Waals surface area contributed by atoms with Crippen LogP contribution < -0.4 is 21.3 Å². The number of rotatable bonds is 43. The first-order chi connectivity index (χ1) is 27.3. The fraction of sp³-hybridized carbons (Fsp3) is 0.884. The van der Waals surface area contributed by atoms with E-state index in [2.05, 4.69) is 35.1 Å². The quantitative estimate of drug-likeness (QED) is 0.0504. The first-order valence-electron chi connectivity index (χ1n) is 22.2. The Kier molecular flexibility index (Phi) is 40.1. The maximum absolute atomic E-state index is 12.3. The molecule has 0 aliphatic heterocycles. The Hall–Kier alpha value is -2.61. The van der Waals surface area contributed by atoms with E-state index in [-0.39, 0.29) is 55.8 Å². The van der Waals surface area contributed by atoms with Crippen LogP contribution in [0, 0.1) is 0 Å². The summed E-state index contributed by atoms with van der Waals surface area (Å²) in [6.45, 7) is 8.85. The Morgan fingerprint density at radius 2 is 0.804 bits per heavy atom. The third-order valence-electron chi connectivity index (χ3n) is 9.43. The second-order valence-corrected chi connectivity index (χ2v) is 14.8. The van der Waals surface area contributed by atoms with Crippen LogP contribution >= 0.6 is 0 Å². The van der Waals surface area contributed by atoms with Crippen LogP contribution in [-0.2, 0) is 42.9 Å². The fourth-order valence-electron chi connectivity index (χ4n) is 6.03. The molecule has 1 unspecified atom stereocenters. The molecule has 1 atom stereocenters. The molecule has 0 heterocycles. The lowest BCUT2D eigenvalue weighted by Crippen LogP contribution is -2.41. The van der Waals surface area contributed by atoms with Crippen LogP contribution in [-0.4, -0.2) is 108 Å². The first-order valence-corrected chi connectivity index (χ1v) is 22.2. The van der Waals surface area contributed by atoms with E-state index >= 15 is 0 Å². The van der Waals surface area contributed by atoms with E-state index in [0.717, 1.165) is 25.7 Å². The minimum absolute atomic E-state index is 0.0478. The van der Waals surface area contributed by atoms with Crippen molar-refractivity contribution in [3.63, 3.8) is 0 Å². The second kappa shape index (κ2) is 42.0. The zero-order valence-electron chi connectivity index (χ0n) is 35.8. The van der Waals surface area contributed by atoms with Crippen LogP contribution in [0.4, 0.5) is 0 Å². The van der Waals surface area contributed by atoms with Gasteiger partial charge in [0, 0.05) is 32.5 Å². The lowest BCUT2D eigenvalue weighted by molar-refractivity contribution is -0.130. The molecule has 328 valence electrons. The predicted molar refractivity (Wildman–Crippen MR) is 222 cm³/mol. The van der Waals surface area contributed by atoms with Crippen molar-refractivity contribution in [3.05, 3.63) is 0 Å².